The fourth-order valence-corrected chi connectivity index (χ4v) is 2.35. The SMILES string of the molecule is CCC1(C)NC(=O)N(CC(=O)NCC2(O)CCC2)C1=O. The number of imide groups is 1. The molecule has 0 aromatic rings. The molecule has 0 radical (unpaired) electrons. The molecule has 7 heteroatoms. The molecular formula is C13H21N3O4. The Morgan fingerprint density at radius 2 is 2.10 bits per heavy atom. The Labute approximate surface area is 117 Å². The number of nitrogens with one attached hydrogen (secondary N) is 2. The van der Waals surface area contributed by atoms with Crippen LogP contribution < -0.4 is 10.6 Å². The van der Waals surface area contributed by atoms with Crippen LogP contribution >= 0.6 is 0 Å². The summed E-state index contributed by atoms with van der Waals surface area (Å²) in [7, 11) is 0. The Kier molecular flexibility index (Phi) is 3.73. The molecular weight excluding hydrogens is 262 g/mol. The Morgan fingerprint density at radius 1 is 1.45 bits per heavy atom. The van der Waals surface area contributed by atoms with Gasteiger partial charge in [-0.25, -0.2) is 4.79 Å². The normalized spacial score (nSPS) is 28.1. The van der Waals surface area contributed by atoms with E-state index in [0.29, 0.717) is 19.3 Å². The molecule has 20 heavy (non-hydrogen) atoms. The molecule has 7 nitrogen and oxygen atoms in total. The first kappa shape index (κ1) is 14.8. The molecule has 1 atom stereocenters. The summed E-state index contributed by atoms with van der Waals surface area (Å²) in [6.45, 7) is 3.30. The van der Waals surface area contributed by atoms with E-state index in [0.717, 1.165) is 11.3 Å². The van der Waals surface area contributed by atoms with Gasteiger partial charge in [0.15, 0.2) is 0 Å². The minimum absolute atomic E-state index is 0.167. The fourth-order valence-electron chi connectivity index (χ4n) is 2.35. The van der Waals surface area contributed by atoms with Gasteiger partial charge >= 0.3 is 6.03 Å². The zero-order valence-corrected chi connectivity index (χ0v) is 11.9. The average molecular weight is 283 g/mol. The lowest BCUT2D eigenvalue weighted by molar-refractivity contribution is -0.135. The van der Waals surface area contributed by atoms with Gasteiger partial charge in [-0.15, -0.1) is 0 Å². The van der Waals surface area contributed by atoms with E-state index in [1.54, 1.807) is 13.8 Å². The summed E-state index contributed by atoms with van der Waals surface area (Å²) in [5.74, 6) is -0.823. The van der Waals surface area contributed by atoms with E-state index in [-0.39, 0.29) is 19.0 Å². The average Bonchev–Trinajstić information content (AvgIpc) is 2.58. The lowest BCUT2D eigenvalue weighted by atomic mass is 9.80. The molecule has 2 rings (SSSR count). The van der Waals surface area contributed by atoms with Crippen LogP contribution in [-0.2, 0) is 9.59 Å². The first-order chi connectivity index (χ1) is 9.30. The maximum Gasteiger partial charge on any atom is 0.325 e. The van der Waals surface area contributed by atoms with Crippen LogP contribution in [0.15, 0.2) is 0 Å². The monoisotopic (exact) mass is 283 g/mol. The zero-order chi connectivity index (χ0) is 15.0. The second kappa shape index (κ2) is 5.05. The van der Waals surface area contributed by atoms with Crippen LogP contribution in [0, 0.1) is 0 Å². The van der Waals surface area contributed by atoms with Crippen LogP contribution in [0.3, 0.4) is 0 Å². The number of amides is 4. The molecule has 0 spiro atoms. The molecule has 0 bridgehead atoms. The van der Waals surface area contributed by atoms with Crippen LogP contribution in [0.5, 0.6) is 0 Å². The minimum Gasteiger partial charge on any atom is -0.388 e. The van der Waals surface area contributed by atoms with E-state index < -0.39 is 23.1 Å². The Balaban J connectivity index is 1.88. The van der Waals surface area contributed by atoms with Gasteiger partial charge in [0, 0.05) is 6.54 Å². The highest BCUT2D eigenvalue weighted by molar-refractivity contribution is 6.08. The molecule has 112 valence electrons. The number of hydrogen-bond donors (Lipinski definition) is 3. The Morgan fingerprint density at radius 3 is 2.55 bits per heavy atom. The largest absolute Gasteiger partial charge is 0.388 e. The summed E-state index contributed by atoms with van der Waals surface area (Å²) >= 11 is 0. The molecule has 1 heterocycles. The number of urea groups is 1. The number of hydrogen-bond acceptors (Lipinski definition) is 4. The maximum absolute atomic E-state index is 12.1. The van der Waals surface area contributed by atoms with Crippen molar-refractivity contribution in [2.45, 2.75) is 50.7 Å². The van der Waals surface area contributed by atoms with E-state index in [4.69, 9.17) is 0 Å². The maximum atomic E-state index is 12.1. The van der Waals surface area contributed by atoms with Gasteiger partial charge in [0.25, 0.3) is 5.91 Å². The third-order valence-corrected chi connectivity index (χ3v) is 4.25. The third-order valence-electron chi connectivity index (χ3n) is 4.25. The van der Waals surface area contributed by atoms with Crippen molar-refractivity contribution in [1.82, 2.24) is 15.5 Å². The van der Waals surface area contributed by atoms with Crippen molar-refractivity contribution >= 4 is 17.8 Å². The van der Waals surface area contributed by atoms with Crippen molar-refractivity contribution in [3.63, 3.8) is 0 Å². The van der Waals surface area contributed by atoms with Gasteiger partial charge in [0.2, 0.25) is 5.91 Å². The summed E-state index contributed by atoms with van der Waals surface area (Å²) in [6.07, 6.45) is 2.76. The highest BCUT2D eigenvalue weighted by Crippen LogP contribution is 2.30. The van der Waals surface area contributed by atoms with Gasteiger partial charge in [-0.05, 0) is 32.6 Å². The van der Waals surface area contributed by atoms with Crippen LogP contribution in [0.2, 0.25) is 0 Å². The van der Waals surface area contributed by atoms with E-state index in [1.165, 1.54) is 0 Å². The van der Waals surface area contributed by atoms with Crippen molar-refractivity contribution in [2.75, 3.05) is 13.1 Å². The summed E-state index contributed by atoms with van der Waals surface area (Å²) < 4.78 is 0. The van der Waals surface area contributed by atoms with Crippen molar-refractivity contribution < 1.29 is 19.5 Å². The highest BCUT2D eigenvalue weighted by atomic mass is 16.3. The zero-order valence-electron chi connectivity index (χ0n) is 11.9. The molecule has 4 amide bonds. The molecule has 0 aromatic heterocycles. The predicted octanol–water partition coefficient (Wildman–Crippen LogP) is -0.262. The molecule has 2 aliphatic rings. The molecule has 1 saturated carbocycles. The lowest BCUT2D eigenvalue weighted by Gasteiger charge is -2.36. The molecule has 0 aromatic carbocycles. The molecule has 1 saturated heterocycles. The van der Waals surface area contributed by atoms with Gasteiger partial charge in [0.05, 0.1) is 5.60 Å². The predicted molar refractivity (Wildman–Crippen MR) is 70.8 cm³/mol. The Hall–Kier alpha value is -1.63. The summed E-state index contributed by atoms with van der Waals surface area (Å²) in [5, 5.41) is 15.0. The number of carbonyl (C=O) groups excluding carboxylic acids is 3. The third kappa shape index (κ3) is 2.63. The minimum atomic E-state index is -0.927. The van der Waals surface area contributed by atoms with Crippen molar-refractivity contribution in [3.8, 4) is 0 Å². The number of carbonyl (C=O) groups is 3. The summed E-state index contributed by atoms with van der Waals surface area (Å²) in [6, 6.07) is -0.545. The molecule has 2 fully saturated rings. The highest BCUT2D eigenvalue weighted by Gasteiger charge is 2.47. The number of nitrogens with zero attached hydrogens (tertiary/aromatic N) is 1. The first-order valence-electron chi connectivity index (χ1n) is 6.93. The van der Waals surface area contributed by atoms with Gasteiger partial charge in [-0.3, -0.25) is 14.5 Å². The lowest BCUT2D eigenvalue weighted by Crippen LogP contribution is -2.50. The number of aliphatic hydroxyl groups is 1. The van der Waals surface area contributed by atoms with Gasteiger partial charge in [-0.1, -0.05) is 6.92 Å². The van der Waals surface area contributed by atoms with Crippen molar-refractivity contribution in [2.24, 2.45) is 0 Å². The van der Waals surface area contributed by atoms with Gasteiger partial charge in [0.1, 0.15) is 12.1 Å². The van der Waals surface area contributed by atoms with Gasteiger partial charge < -0.3 is 15.7 Å². The van der Waals surface area contributed by atoms with Crippen LogP contribution in [0.4, 0.5) is 4.79 Å². The first-order valence-corrected chi connectivity index (χ1v) is 6.93. The summed E-state index contributed by atoms with van der Waals surface area (Å²) in [5.41, 5.74) is -1.74. The van der Waals surface area contributed by atoms with Crippen molar-refractivity contribution in [3.05, 3.63) is 0 Å². The van der Waals surface area contributed by atoms with Gasteiger partial charge in [-0.2, -0.15) is 0 Å². The summed E-state index contributed by atoms with van der Waals surface area (Å²) in [4.78, 5) is 36.5. The van der Waals surface area contributed by atoms with E-state index in [1.807, 2.05) is 0 Å². The molecule has 1 aliphatic carbocycles. The fraction of sp³-hybridized carbons (Fsp3) is 0.769. The second-order valence-corrected chi connectivity index (χ2v) is 5.86. The quantitative estimate of drug-likeness (QED) is 0.605. The van der Waals surface area contributed by atoms with Crippen LogP contribution in [0.1, 0.15) is 39.5 Å². The van der Waals surface area contributed by atoms with E-state index >= 15 is 0 Å². The van der Waals surface area contributed by atoms with E-state index in [9.17, 15) is 19.5 Å². The molecule has 1 aliphatic heterocycles. The second-order valence-electron chi connectivity index (χ2n) is 5.86. The molecule has 1 unspecified atom stereocenters. The number of rotatable bonds is 5. The standard InChI is InChI=1S/C13H21N3O4/c1-3-12(2)10(18)16(11(19)15-12)7-9(17)14-8-13(20)5-4-6-13/h20H,3-8H2,1-2H3,(H,14,17)(H,15,19). The Bertz CT molecular complexity index is 447. The van der Waals surface area contributed by atoms with E-state index in [2.05, 4.69) is 10.6 Å². The smallest absolute Gasteiger partial charge is 0.325 e. The molecule has 3 N–H and O–H groups in total. The van der Waals surface area contributed by atoms with Crippen molar-refractivity contribution in [1.29, 1.82) is 0 Å². The topological polar surface area (TPSA) is 98.7 Å². The van der Waals surface area contributed by atoms with Crippen LogP contribution in [-0.4, -0.2) is 52.1 Å². The van der Waals surface area contributed by atoms with Crippen LogP contribution in [0.25, 0.3) is 0 Å².